The highest BCUT2D eigenvalue weighted by Crippen LogP contribution is 2.59. The van der Waals surface area contributed by atoms with Crippen LogP contribution in [0.3, 0.4) is 0 Å². The van der Waals surface area contributed by atoms with Crippen LogP contribution in [0.4, 0.5) is 5.69 Å². The third-order valence-corrected chi connectivity index (χ3v) is 4.36. The molecule has 0 aliphatic heterocycles. The van der Waals surface area contributed by atoms with Crippen molar-refractivity contribution in [2.75, 3.05) is 12.4 Å². The number of carbonyl (C=O) groups is 2. The molecule has 1 fully saturated rings. The average molecular weight is 300 g/mol. The summed E-state index contributed by atoms with van der Waals surface area (Å²) in [5, 5.41) is 5.51. The zero-order valence-corrected chi connectivity index (χ0v) is 13.9. The smallest absolute Gasteiger partial charge is 0.253 e. The number of amides is 2. The molecule has 4 nitrogen and oxygen atoms in total. The van der Waals surface area contributed by atoms with Crippen LogP contribution in [0.2, 0.25) is 0 Å². The summed E-state index contributed by atoms with van der Waals surface area (Å²) in [6, 6.07) is 7.06. The van der Waals surface area contributed by atoms with Gasteiger partial charge in [0.1, 0.15) is 0 Å². The van der Waals surface area contributed by atoms with Gasteiger partial charge in [-0.2, -0.15) is 0 Å². The van der Waals surface area contributed by atoms with Crippen molar-refractivity contribution in [3.8, 4) is 0 Å². The first kappa shape index (κ1) is 16.3. The number of benzene rings is 1. The standard InChI is InChI=1S/C18H24N2O2/c1-11(2)10-13-15(18(13,3)4)17(22)20-14-9-7-6-8-12(14)16(21)19-5/h6-10,13,15H,1-5H3,(H,19,21)(H,20,22). The monoisotopic (exact) mass is 300 g/mol. The van der Waals surface area contributed by atoms with Gasteiger partial charge in [0.25, 0.3) is 5.91 Å². The van der Waals surface area contributed by atoms with Crippen LogP contribution < -0.4 is 10.6 Å². The van der Waals surface area contributed by atoms with E-state index in [1.54, 1.807) is 25.2 Å². The Balaban J connectivity index is 2.18. The average Bonchev–Trinajstić information content (AvgIpc) is 2.98. The Kier molecular flexibility index (Phi) is 4.40. The number of allylic oxidation sites excluding steroid dienone is 2. The van der Waals surface area contributed by atoms with E-state index in [-0.39, 0.29) is 29.1 Å². The third-order valence-electron chi connectivity index (χ3n) is 4.36. The second-order valence-electron chi connectivity index (χ2n) is 6.68. The van der Waals surface area contributed by atoms with Gasteiger partial charge < -0.3 is 10.6 Å². The van der Waals surface area contributed by atoms with Gasteiger partial charge in [-0.05, 0) is 37.3 Å². The summed E-state index contributed by atoms with van der Waals surface area (Å²) in [5.74, 6) is -0.0273. The number of hydrogen-bond acceptors (Lipinski definition) is 2. The predicted octanol–water partition coefficient (Wildman–Crippen LogP) is 3.22. The molecule has 2 amide bonds. The quantitative estimate of drug-likeness (QED) is 0.839. The van der Waals surface area contributed by atoms with Crippen LogP contribution in [0.25, 0.3) is 0 Å². The van der Waals surface area contributed by atoms with Gasteiger partial charge in [-0.25, -0.2) is 0 Å². The summed E-state index contributed by atoms with van der Waals surface area (Å²) < 4.78 is 0. The SMILES string of the molecule is CNC(=O)c1ccccc1NC(=O)C1C(C=C(C)C)C1(C)C. The highest BCUT2D eigenvalue weighted by atomic mass is 16.2. The van der Waals surface area contributed by atoms with Gasteiger partial charge in [-0.1, -0.05) is 37.6 Å². The van der Waals surface area contributed by atoms with E-state index in [9.17, 15) is 9.59 Å². The molecule has 1 aliphatic rings. The molecule has 1 aliphatic carbocycles. The van der Waals surface area contributed by atoms with Gasteiger partial charge >= 0.3 is 0 Å². The Morgan fingerprint density at radius 1 is 1.18 bits per heavy atom. The van der Waals surface area contributed by atoms with Crippen molar-refractivity contribution in [2.45, 2.75) is 27.7 Å². The molecule has 22 heavy (non-hydrogen) atoms. The Morgan fingerprint density at radius 2 is 1.82 bits per heavy atom. The van der Waals surface area contributed by atoms with Crippen molar-refractivity contribution in [2.24, 2.45) is 17.3 Å². The molecule has 0 bridgehead atoms. The molecule has 2 N–H and O–H groups in total. The molecule has 1 aromatic rings. The van der Waals surface area contributed by atoms with Crippen LogP contribution in [0.5, 0.6) is 0 Å². The lowest BCUT2D eigenvalue weighted by Gasteiger charge is -2.10. The zero-order valence-electron chi connectivity index (χ0n) is 13.9. The molecule has 4 heteroatoms. The van der Waals surface area contributed by atoms with Crippen molar-refractivity contribution in [1.29, 1.82) is 0 Å². The predicted molar refractivity (Wildman–Crippen MR) is 88.7 cm³/mol. The molecular weight excluding hydrogens is 276 g/mol. The minimum absolute atomic E-state index is 0.0242. The van der Waals surface area contributed by atoms with Crippen molar-refractivity contribution in [3.63, 3.8) is 0 Å². The number of anilines is 1. The topological polar surface area (TPSA) is 58.2 Å². The molecule has 2 rings (SSSR count). The van der Waals surface area contributed by atoms with Crippen molar-refractivity contribution in [1.82, 2.24) is 5.32 Å². The second-order valence-corrected chi connectivity index (χ2v) is 6.68. The molecule has 2 unspecified atom stereocenters. The van der Waals surface area contributed by atoms with Crippen LogP contribution in [-0.4, -0.2) is 18.9 Å². The molecular formula is C18H24N2O2. The molecule has 0 radical (unpaired) electrons. The summed E-state index contributed by atoms with van der Waals surface area (Å²) in [6.07, 6.45) is 2.16. The maximum Gasteiger partial charge on any atom is 0.253 e. The van der Waals surface area contributed by atoms with Crippen molar-refractivity contribution < 1.29 is 9.59 Å². The minimum Gasteiger partial charge on any atom is -0.355 e. The molecule has 118 valence electrons. The fraction of sp³-hybridized carbons (Fsp3) is 0.444. The molecule has 0 heterocycles. The van der Waals surface area contributed by atoms with Gasteiger partial charge in [0.2, 0.25) is 5.91 Å². The Morgan fingerprint density at radius 3 is 2.41 bits per heavy atom. The lowest BCUT2D eigenvalue weighted by atomic mass is 10.1. The lowest BCUT2D eigenvalue weighted by molar-refractivity contribution is -0.118. The van der Waals surface area contributed by atoms with E-state index in [4.69, 9.17) is 0 Å². The Labute approximate surface area is 132 Å². The minimum atomic E-state index is -0.202. The van der Waals surface area contributed by atoms with E-state index >= 15 is 0 Å². The van der Waals surface area contributed by atoms with Gasteiger partial charge in [0.15, 0.2) is 0 Å². The fourth-order valence-corrected chi connectivity index (χ4v) is 2.98. The van der Waals surface area contributed by atoms with E-state index < -0.39 is 0 Å². The van der Waals surface area contributed by atoms with E-state index in [1.807, 2.05) is 19.9 Å². The Hall–Kier alpha value is -2.10. The van der Waals surface area contributed by atoms with E-state index in [0.29, 0.717) is 11.3 Å². The molecule has 1 saturated carbocycles. The number of hydrogen-bond donors (Lipinski definition) is 2. The van der Waals surface area contributed by atoms with Gasteiger partial charge in [-0.3, -0.25) is 9.59 Å². The number of rotatable bonds is 4. The fourth-order valence-electron chi connectivity index (χ4n) is 2.98. The number of para-hydroxylation sites is 1. The summed E-state index contributed by atoms with van der Waals surface area (Å²) in [4.78, 5) is 24.4. The highest BCUT2D eigenvalue weighted by Gasteiger charge is 2.60. The van der Waals surface area contributed by atoms with Crippen LogP contribution in [0.15, 0.2) is 35.9 Å². The first-order valence-electron chi connectivity index (χ1n) is 7.56. The highest BCUT2D eigenvalue weighted by molar-refractivity contribution is 6.04. The van der Waals surface area contributed by atoms with Gasteiger partial charge in [-0.15, -0.1) is 0 Å². The van der Waals surface area contributed by atoms with Crippen LogP contribution in [0, 0.1) is 17.3 Å². The summed E-state index contributed by atoms with van der Waals surface area (Å²) in [5.41, 5.74) is 2.23. The van der Waals surface area contributed by atoms with E-state index in [1.165, 1.54) is 5.57 Å². The maximum atomic E-state index is 12.6. The molecule has 0 aromatic heterocycles. The summed E-state index contributed by atoms with van der Waals surface area (Å²) in [6.45, 7) is 8.30. The molecule has 0 spiro atoms. The third kappa shape index (κ3) is 3.06. The Bertz CT molecular complexity index is 628. The molecule has 1 aromatic carbocycles. The number of carbonyl (C=O) groups excluding carboxylic acids is 2. The maximum absolute atomic E-state index is 12.6. The van der Waals surface area contributed by atoms with E-state index in [2.05, 4.69) is 30.6 Å². The van der Waals surface area contributed by atoms with Crippen LogP contribution in [-0.2, 0) is 4.79 Å². The van der Waals surface area contributed by atoms with Crippen molar-refractivity contribution >= 4 is 17.5 Å². The summed E-state index contributed by atoms with van der Waals surface area (Å²) >= 11 is 0. The van der Waals surface area contributed by atoms with Crippen LogP contribution >= 0.6 is 0 Å². The summed E-state index contributed by atoms with van der Waals surface area (Å²) in [7, 11) is 1.58. The van der Waals surface area contributed by atoms with Crippen molar-refractivity contribution in [3.05, 3.63) is 41.5 Å². The largest absolute Gasteiger partial charge is 0.355 e. The molecule has 2 atom stereocenters. The lowest BCUT2D eigenvalue weighted by Crippen LogP contribution is -2.23. The molecule has 0 saturated heterocycles. The normalized spacial score (nSPS) is 21.7. The zero-order chi connectivity index (χ0) is 16.5. The van der Waals surface area contributed by atoms with Gasteiger partial charge in [0.05, 0.1) is 17.2 Å². The second kappa shape index (κ2) is 5.95. The first-order chi connectivity index (χ1) is 10.3. The van der Waals surface area contributed by atoms with Crippen LogP contribution in [0.1, 0.15) is 38.1 Å². The van der Waals surface area contributed by atoms with E-state index in [0.717, 1.165) is 0 Å². The van der Waals surface area contributed by atoms with Gasteiger partial charge in [0, 0.05) is 7.05 Å². The first-order valence-corrected chi connectivity index (χ1v) is 7.56. The number of nitrogens with one attached hydrogen (secondary N) is 2.